The number of carboxylic acids is 1. The topological polar surface area (TPSA) is 63.6 Å². The van der Waals surface area contributed by atoms with Gasteiger partial charge in [-0.25, -0.2) is 0 Å². The van der Waals surface area contributed by atoms with Gasteiger partial charge >= 0.3 is 11.9 Å². The normalized spacial score (nSPS) is 12.1. The van der Waals surface area contributed by atoms with Crippen LogP contribution in [-0.4, -0.2) is 23.7 Å². The molecule has 0 aliphatic carbocycles. The molecule has 4 heteroatoms. The molecule has 106 valence electrons. The second-order valence-corrected chi connectivity index (χ2v) is 4.64. The molecule has 0 aliphatic heterocycles. The van der Waals surface area contributed by atoms with Crippen LogP contribution in [-0.2, 0) is 14.3 Å². The van der Waals surface area contributed by atoms with Gasteiger partial charge in [-0.15, -0.1) is 0 Å². The summed E-state index contributed by atoms with van der Waals surface area (Å²) in [5.74, 6) is -1.05. The highest BCUT2D eigenvalue weighted by atomic mass is 16.5. The van der Waals surface area contributed by atoms with Crippen LogP contribution in [0.25, 0.3) is 0 Å². The number of unbranched alkanes of at least 4 members (excludes halogenated alkanes) is 2. The first-order valence-corrected chi connectivity index (χ1v) is 7.00. The molecule has 0 saturated heterocycles. The highest BCUT2D eigenvalue weighted by Crippen LogP contribution is 2.16. The highest BCUT2D eigenvalue weighted by Gasteiger charge is 2.15. The Morgan fingerprint density at radius 3 is 2.33 bits per heavy atom. The van der Waals surface area contributed by atoms with Crippen molar-refractivity contribution in [1.82, 2.24) is 0 Å². The Labute approximate surface area is 110 Å². The zero-order valence-electron chi connectivity index (χ0n) is 11.6. The van der Waals surface area contributed by atoms with Gasteiger partial charge in [-0.3, -0.25) is 9.59 Å². The number of esters is 1. The largest absolute Gasteiger partial charge is 0.481 e. The summed E-state index contributed by atoms with van der Waals surface area (Å²) in [6.45, 7) is 4.46. The molecule has 1 atom stereocenters. The SMILES string of the molecule is CCCOC(=O)CCCCCC(CCC)C(=O)O. The molecule has 0 rings (SSSR count). The van der Waals surface area contributed by atoms with E-state index in [1.807, 2.05) is 13.8 Å². The summed E-state index contributed by atoms with van der Waals surface area (Å²) in [6, 6.07) is 0. The summed E-state index contributed by atoms with van der Waals surface area (Å²) in [7, 11) is 0. The van der Waals surface area contributed by atoms with Crippen LogP contribution in [0.2, 0.25) is 0 Å². The van der Waals surface area contributed by atoms with E-state index in [9.17, 15) is 9.59 Å². The van der Waals surface area contributed by atoms with Crippen LogP contribution < -0.4 is 0 Å². The third-order valence-corrected chi connectivity index (χ3v) is 2.89. The van der Waals surface area contributed by atoms with E-state index in [0.29, 0.717) is 19.4 Å². The third kappa shape index (κ3) is 9.02. The van der Waals surface area contributed by atoms with Crippen LogP contribution in [0.3, 0.4) is 0 Å². The quantitative estimate of drug-likeness (QED) is 0.456. The zero-order chi connectivity index (χ0) is 13.8. The number of carboxylic acid groups (broad SMARTS) is 1. The molecule has 0 saturated carbocycles. The fourth-order valence-corrected chi connectivity index (χ4v) is 1.86. The van der Waals surface area contributed by atoms with E-state index in [0.717, 1.165) is 38.5 Å². The van der Waals surface area contributed by atoms with Gasteiger partial charge in [-0.2, -0.15) is 0 Å². The molecular formula is C14H26O4. The van der Waals surface area contributed by atoms with Gasteiger partial charge < -0.3 is 9.84 Å². The zero-order valence-corrected chi connectivity index (χ0v) is 11.6. The Morgan fingerprint density at radius 1 is 1.06 bits per heavy atom. The molecule has 0 aromatic carbocycles. The lowest BCUT2D eigenvalue weighted by molar-refractivity contribution is -0.144. The monoisotopic (exact) mass is 258 g/mol. The predicted molar refractivity (Wildman–Crippen MR) is 70.4 cm³/mol. The van der Waals surface area contributed by atoms with Crippen LogP contribution >= 0.6 is 0 Å². The molecule has 0 radical (unpaired) electrons. The standard InChI is InChI=1S/C14H26O4/c1-3-8-12(14(16)17)9-6-5-7-10-13(15)18-11-4-2/h12H,3-11H2,1-2H3,(H,16,17). The third-order valence-electron chi connectivity index (χ3n) is 2.89. The van der Waals surface area contributed by atoms with Crippen molar-refractivity contribution in [1.29, 1.82) is 0 Å². The van der Waals surface area contributed by atoms with Crippen LogP contribution in [0.5, 0.6) is 0 Å². The molecule has 0 aliphatic rings. The minimum Gasteiger partial charge on any atom is -0.481 e. The molecule has 0 spiro atoms. The minimum atomic E-state index is -0.695. The molecule has 0 bridgehead atoms. The van der Waals surface area contributed by atoms with Gasteiger partial charge in [0.15, 0.2) is 0 Å². The molecule has 0 aromatic rings. The van der Waals surface area contributed by atoms with E-state index in [4.69, 9.17) is 9.84 Å². The van der Waals surface area contributed by atoms with E-state index in [1.54, 1.807) is 0 Å². The summed E-state index contributed by atoms with van der Waals surface area (Å²) in [4.78, 5) is 22.1. The second kappa shape index (κ2) is 11.1. The Balaban J connectivity index is 3.53. The second-order valence-electron chi connectivity index (χ2n) is 4.64. The Morgan fingerprint density at radius 2 is 1.78 bits per heavy atom. The van der Waals surface area contributed by atoms with Crippen molar-refractivity contribution in [3.8, 4) is 0 Å². The van der Waals surface area contributed by atoms with Gasteiger partial charge in [0.05, 0.1) is 12.5 Å². The van der Waals surface area contributed by atoms with Gasteiger partial charge in [-0.1, -0.05) is 33.1 Å². The maximum atomic E-state index is 11.2. The molecule has 4 nitrogen and oxygen atoms in total. The fraction of sp³-hybridized carbons (Fsp3) is 0.857. The Bertz CT molecular complexity index is 238. The van der Waals surface area contributed by atoms with Crippen molar-refractivity contribution in [2.24, 2.45) is 5.92 Å². The van der Waals surface area contributed by atoms with Gasteiger partial charge in [0, 0.05) is 6.42 Å². The summed E-state index contributed by atoms with van der Waals surface area (Å²) in [5, 5.41) is 8.97. The van der Waals surface area contributed by atoms with Crippen LogP contribution in [0.4, 0.5) is 0 Å². The molecule has 0 heterocycles. The lowest BCUT2D eigenvalue weighted by Gasteiger charge is -2.10. The number of hydrogen-bond donors (Lipinski definition) is 1. The first-order chi connectivity index (χ1) is 8.61. The number of rotatable bonds is 11. The number of carbonyl (C=O) groups is 2. The van der Waals surface area contributed by atoms with Gasteiger partial charge in [-0.05, 0) is 25.7 Å². The lowest BCUT2D eigenvalue weighted by atomic mass is 9.96. The Hall–Kier alpha value is -1.06. The fourth-order valence-electron chi connectivity index (χ4n) is 1.86. The van der Waals surface area contributed by atoms with Gasteiger partial charge in [0.25, 0.3) is 0 Å². The van der Waals surface area contributed by atoms with Crippen molar-refractivity contribution < 1.29 is 19.4 Å². The van der Waals surface area contributed by atoms with Crippen LogP contribution in [0, 0.1) is 5.92 Å². The average Bonchev–Trinajstić information content (AvgIpc) is 2.34. The highest BCUT2D eigenvalue weighted by molar-refractivity contribution is 5.70. The maximum Gasteiger partial charge on any atom is 0.306 e. The van der Waals surface area contributed by atoms with E-state index >= 15 is 0 Å². The number of ether oxygens (including phenoxy) is 1. The molecule has 0 amide bonds. The average molecular weight is 258 g/mol. The van der Waals surface area contributed by atoms with Crippen molar-refractivity contribution in [2.45, 2.75) is 65.2 Å². The lowest BCUT2D eigenvalue weighted by Crippen LogP contribution is -2.13. The minimum absolute atomic E-state index is 0.139. The number of carbonyl (C=O) groups excluding carboxylic acids is 1. The number of hydrogen-bond acceptors (Lipinski definition) is 3. The van der Waals surface area contributed by atoms with E-state index in [1.165, 1.54) is 0 Å². The van der Waals surface area contributed by atoms with Gasteiger partial charge in [0.1, 0.15) is 0 Å². The van der Waals surface area contributed by atoms with Crippen molar-refractivity contribution in [3.63, 3.8) is 0 Å². The number of aliphatic carboxylic acids is 1. The summed E-state index contributed by atoms with van der Waals surface area (Å²) in [6.07, 6.45) is 6.23. The molecule has 0 aromatic heterocycles. The van der Waals surface area contributed by atoms with E-state index in [-0.39, 0.29) is 11.9 Å². The van der Waals surface area contributed by atoms with Crippen molar-refractivity contribution in [3.05, 3.63) is 0 Å². The smallest absolute Gasteiger partial charge is 0.306 e. The van der Waals surface area contributed by atoms with E-state index in [2.05, 4.69) is 0 Å². The summed E-state index contributed by atoms with van der Waals surface area (Å²) < 4.78 is 4.96. The predicted octanol–water partition coefficient (Wildman–Crippen LogP) is 3.39. The molecule has 1 unspecified atom stereocenters. The molecule has 1 N–H and O–H groups in total. The molecule has 18 heavy (non-hydrogen) atoms. The van der Waals surface area contributed by atoms with Crippen LogP contribution in [0.1, 0.15) is 65.2 Å². The Kier molecular flexibility index (Phi) is 10.4. The summed E-state index contributed by atoms with van der Waals surface area (Å²) in [5.41, 5.74) is 0. The van der Waals surface area contributed by atoms with Crippen molar-refractivity contribution in [2.75, 3.05) is 6.61 Å². The molecule has 0 fully saturated rings. The van der Waals surface area contributed by atoms with Gasteiger partial charge in [0.2, 0.25) is 0 Å². The summed E-state index contributed by atoms with van der Waals surface area (Å²) >= 11 is 0. The van der Waals surface area contributed by atoms with E-state index < -0.39 is 5.97 Å². The van der Waals surface area contributed by atoms with Crippen LogP contribution in [0.15, 0.2) is 0 Å². The van der Waals surface area contributed by atoms with Crippen molar-refractivity contribution >= 4 is 11.9 Å². The first-order valence-electron chi connectivity index (χ1n) is 7.00. The maximum absolute atomic E-state index is 11.2. The molecular weight excluding hydrogens is 232 g/mol. The first kappa shape index (κ1) is 16.9.